The van der Waals surface area contributed by atoms with Crippen LogP contribution in [0.5, 0.6) is 5.75 Å². The number of piperazine rings is 1. The normalized spacial score (nSPS) is 14.0. The molecule has 0 amide bonds. The molecule has 4 heterocycles. The van der Waals surface area contributed by atoms with Crippen molar-refractivity contribution >= 4 is 55.7 Å². The van der Waals surface area contributed by atoms with Crippen molar-refractivity contribution in [2.75, 3.05) is 57.9 Å². The Labute approximate surface area is 292 Å². The Bertz CT molecular complexity index is 2210. The third kappa shape index (κ3) is 6.71. The highest BCUT2D eigenvalue weighted by Gasteiger charge is 2.39. The van der Waals surface area contributed by atoms with E-state index in [0.29, 0.717) is 58.4 Å². The Kier molecular flexibility index (Phi) is 9.99. The third-order valence-corrected chi connectivity index (χ3v) is 9.85. The Morgan fingerprint density at radius 1 is 1.12 bits per heavy atom. The quantitative estimate of drug-likeness (QED) is 0.181. The molecule has 1 saturated heterocycles. The third-order valence-electron chi connectivity index (χ3n) is 8.62. The number of hydrogen-bond acceptors (Lipinski definition) is 10. The van der Waals surface area contributed by atoms with Gasteiger partial charge in [-0.15, -0.1) is 11.3 Å². The first kappa shape index (κ1) is 35.1. The van der Waals surface area contributed by atoms with Crippen LogP contribution in [-0.4, -0.2) is 83.6 Å². The van der Waals surface area contributed by atoms with E-state index in [1.54, 1.807) is 31.4 Å². The molecule has 260 valence electrons. The number of benzene rings is 2. The zero-order valence-electron chi connectivity index (χ0n) is 26.9. The van der Waals surface area contributed by atoms with Gasteiger partial charge in [0.05, 0.1) is 56.6 Å². The highest BCUT2D eigenvalue weighted by molar-refractivity contribution is 7.18. The van der Waals surface area contributed by atoms with Gasteiger partial charge in [0.15, 0.2) is 0 Å². The molecule has 0 spiro atoms. The molecule has 2 aromatic carbocycles. The second-order valence-electron chi connectivity index (χ2n) is 11.6. The van der Waals surface area contributed by atoms with E-state index in [1.807, 2.05) is 6.07 Å². The Morgan fingerprint density at radius 3 is 2.56 bits per heavy atom. The fourth-order valence-electron chi connectivity index (χ4n) is 6.19. The van der Waals surface area contributed by atoms with E-state index in [-0.39, 0.29) is 59.8 Å². The van der Waals surface area contributed by atoms with Crippen LogP contribution in [0.25, 0.3) is 32.2 Å². The molecular formula is C34H30ClF3N6O5S. The van der Waals surface area contributed by atoms with Crippen molar-refractivity contribution in [3.8, 4) is 22.9 Å². The fourth-order valence-corrected chi connectivity index (χ4v) is 7.39. The van der Waals surface area contributed by atoms with Crippen LogP contribution in [0, 0.1) is 18.3 Å². The fraction of sp³-hybridized carbons (Fsp3) is 0.324. The van der Waals surface area contributed by atoms with Crippen LogP contribution in [0.2, 0.25) is 5.02 Å². The number of fused-ring (bicyclic) bond motifs is 2. The predicted octanol–water partition coefficient (Wildman–Crippen LogP) is 6.07. The lowest BCUT2D eigenvalue weighted by Crippen LogP contribution is -2.48. The number of aromatic carboxylic acids is 1. The summed E-state index contributed by atoms with van der Waals surface area (Å²) >= 11 is 7.56. The van der Waals surface area contributed by atoms with Crippen molar-refractivity contribution in [3.63, 3.8) is 0 Å². The average molecular weight is 727 g/mol. The highest BCUT2D eigenvalue weighted by Crippen LogP contribution is 2.42. The van der Waals surface area contributed by atoms with Crippen LogP contribution < -0.4 is 15.2 Å². The van der Waals surface area contributed by atoms with Gasteiger partial charge in [-0.2, -0.15) is 18.4 Å². The molecule has 5 aromatic rings. The smallest absolute Gasteiger partial charge is 0.418 e. The van der Waals surface area contributed by atoms with E-state index in [9.17, 15) is 33.1 Å². The molecule has 0 aliphatic carbocycles. The summed E-state index contributed by atoms with van der Waals surface area (Å²) in [7, 11) is 1.58. The van der Waals surface area contributed by atoms with E-state index in [0.717, 1.165) is 6.07 Å². The van der Waals surface area contributed by atoms with Crippen LogP contribution in [0.3, 0.4) is 0 Å². The van der Waals surface area contributed by atoms with Gasteiger partial charge in [0.25, 0.3) is 5.56 Å². The number of thiophene rings is 1. The topological polar surface area (TPSA) is 134 Å². The summed E-state index contributed by atoms with van der Waals surface area (Å²) in [4.78, 5) is 37.9. The Balaban J connectivity index is 1.34. The van der Waals surface area contributed by atoms with Gasteiger partial charge in [-0.1, -0.05) is 11.6 Å². The molecule has 3 aromatic heterocycles. The zero-order valence-corrected chi connectivity index (χ0v) is 28.5. The molecule has 0 saturated carbocycles. The van der Waals surface area contributed by atoms with Crippen LogP contribution >= 0.6 is 22.9 Å². The molecule has 1 N–H and O–H groups in total. The number of methoxy groups -OCH3 is 1. The van der Waals surface area contributed by atoms with Gasteiger partial charge in [0.1, 0.15) is 24.3 Å². The number of carboxylic acids is 1. The number of nitriles is 1. The van der Waals surface area contributed by atoms with E-state index in [4.69, 9.17) is 21.1 Å². The number of anilines is 1. The molecule has 11 nitrogen and oxygen atoms in total. The highest BCUT2D eigenvalue weighted by atomic mass is 35.5. The van der Waals surface area contributed by atoms with E-state index < -0.39 is 23.3 Å². The molecule has 1 fully saturated rings. The first-order valence-electron chi connectivity index (χ1n) is 15.5. The van der Waals surface area contributed by atoms with Gasteiger partial charge >= 0.3 is 12.1 Å². The van der Waals surface area contributed by atoms with Gasteiger partial charge in [-0.25, -0.2) is 9.78 Å². The van der Waals surface area contributed by atoms with Crippen molar-refractivity contribution in [3.05, 3.63) is 79.8 Å². The van der Waals surface area contributed by atoms with Gasteiger partial charge in [0.2, 0.25) is 0 Å². The minimum atomic E-state index is -4.80. The number of rotatable bonds is 10. The standard InChI is InChI=1S/C34H30ClF3N6O5S/c1-19-41-26-16-25(34(36,37)38)30(43-9-7-42(8-10-43)11-13-48-2)23(17-39)28(26)32(45)44(19)12-14-49-27-4-3-20(35)15-22(27)21-5-6-40-29-24(33(46)47)18-50-31(21)29/h3-6,15-16,18H,7-14H2,1-2H3,(H,46,47). The number of aromatic nitrogens is 3. The van der Waals surface area contributed by atoms with Gasteiger partial charge in [-0.3, -0.25) is 19.2 Å². The maximum Gasteiger partial charge on any atom is 0.418 e. The van der Waals surface area contributed by atoms with Crippen LogP contribution in [0.15, 0.2) is 46.7 Å². The second kappa shape index (κ2) is 14.2. The first-order chi connectivity index (χ1) is 23.9. The molecule has 50 heavy (non-hydrogen) atoms. The van der Waals surface area contributed by atoms with Crippen molar-refractivity contribution in [2.45, 2.75) is 19.6 Å². The second-order valence-corrected chi connectivity index (χ2v) is 12.9. The first-order valence-corrected chi connectivity index (χ1v) is 16.7. The lowest BCUT2D eigenvalue weighted by atomic mass is 10.00. The number of hydrogen-bond donors (Lipinski definition) is 1. The molecule has 0 radical (unpaired) electrons. The van der Waals surface area contributed by atoms with E-state index >= 15 is 0 Å². The molecule has 6 rings (SSSR count). The maximum absolute atomic E-state index is 14.5. The largest absolute Gasteiger partial charge is 0.491 e. The summed E-state index contributed by atoms with van der Waals surface area (Å²) in [5.74, 6) is -0.559. The minimum Gasteiger partial charge on any atom is -0.491 e. The number of carboxylic acid groups (broad SMARTS) is 1. The van der Waals surface area contributed by atoms with Gasteiger partial charge in [0, 0.05) is 67.6 Å². The molecule has 1 aliphatic heterocycles. The van der Waals surface area contributed by atoms with E-state index in [1.165, 1.54) is 39.3 Å². The number of carbonyl (C=O) groups is 1. The maximum atomic E-state index is 14.5. The SMILES string of the molecule is COCCN1CCN(c2c(C(F)(F)F)cc3nc(C)n(CCOc4ccc(Cl)cc4-c4ccnc5c(C(=O)O)csc45)c(=O)c3c2C#N)CC1. The average Bonchev–Trinajstić information content (AvgIpc) is 3.53. The number of nitrogens with zero attached hydrogens (tertiary/aromatic N) is 6. The zero-order chi connectivity index (χ0) is 35.7. The van der Waals surface area contributed by atoms with Crippen LogP contribution in [0.1, 0.15) is 27.3 Å². The number of pyridine rings is 1. The summed E-state index contributed by atoms with van der Waals surface area (Å²) in [6.45, 7) is 3.89. The summed E-state index contributed by atoms with van der Waals surface area (Å²) in [5, 5.41) is 21.6. The van der Waals surface area contributed by atoms with Crippen LogP contribution in [-0.2, 0) is 17.5 Å². The summed E-state index contributed by atoms with van der Waals surface area (Å²) < 4.78 is 56.6. The lowest BCUT2D eigenvalue weighted by Gasteiger charge is -2.37. The lowest BCUT2D eigenvalue weighted by molar-refractivity contribution is -0.137. The molecule has 0 bridgehead atoms. The van der Waals surface area contributed by atoms with Crippen molar-refractivity contribution in [1.82, 2.24) is 19.4 Å². The van der Waals surface area contributed by atoms with Crippen molar-refractivity contribution in [1.29, 1.82) is 5.26 Å². The number of halogens is 4. The Morgan fingerprint density at radius 2 is 1.88 bits per heavy atom. The van der Waals surface area contributed by atoms with Gasteiger partial charge in [-0.05, 0) is 37.3 Å². The minimum absolute atomic E-state index is 0.0387. The monoisotopic (exact) mass is 726 g/mol. The molecule has 1 aliphatic rings. The molecule has 16 heteroatoms. The van der Waals surface area contributed by atoms with Gasteiger partial charge < -0.3 is 19.5 Å². The number of alkyl halides is 3. The number of ether oxygens (including phenoxy) is 2. The number of aryl methyl sites for hydroxylation is 1. The molecule has 0 unspecified atom stereocenters. The van der Waals surface area contributed by atoms with Crippen molar-refractivity contribution < 1.29 is 32.5 Å². The summed E-state index contributed by atoms with van der Waals surface area (Å²) in [6.07, 6.45) is -3.30. The predicted molar refractivity (Wildman–Crippen MR) is 184 cm³/mol. The van der Waals surface area contributed by atoms with Crippen LogP contribution in [0.4, 0.5) is 18.9 Å². The summed E-state index contributed by atoms with van der Waals surface area (Å²) in [5.41, 5.74) is -0.959. The summed E-state index contributed by atoms with van der Waals surface area (Å²) in [6, 6.07) is 9.44. The van der Waals surface area contributed by atoms with Crippen molar-refractivity contribution in [2.24, 2.45) is 0 Å². The van der Waals surface area contributed by atoms with E-state index in [2.05, 4.69) is 14.9 Å². The Hall–Kier alpha value is -4.75. The molecular weight excluding hydrogens is 697 g/mol. The molecule has 0 atom stereocenters.